The Balaban J connectivity index is 1.67. The van der Waals surface area contributed by atoms with Gasteiger partial charge in [-0.15, -0.1) is 0 Å². The first-order chi connectivity index (χ1) is 14.2. The van der Waals surface area contributed by atoms with Crippen LogP contribution in [0.3, 0.4) is 0 Å². The van der Waals surface area contributed by atoms with Gasteiger partial charge in [-0.3, -0.25) is 0 Å². The lowest BCUT2D eigenvalue weighted by Crippen LogP contribution is -2.53. The summed E-state index contributed by atoms with van der Waals surface area (Å²) in [5.74, 6) is 1.02. The average molecular weight is 430 g/mol. The number of fused-ring (bicyclic) bond motifs is 1. The topological polar surface area (TPSA) is 102 Å². The normalized spacial score (nSPS) is 14.9. The molecule has 1 aliphatic rings. The Morgan fingerprint density at radius 1 is 1.13 bits per heavy atom. The van der Waals surface area contributed by atoms with E-state index in [0.717, 1.165) is 0 Å². The van der Waals surface area contributed by atoms with Crippen LogP contribution in [0.25, 0.3) is 22.6 Å². The zero-order valence-electron chi connectivity index (χ0n) is 17.2. The van der Waals surface area contributed by atoms with E-state index in [1.54, 1.807) is 17.2 Å². The summed E-state index contributed by atoms with van der Waals surface area (Å²) in [4.78, 5) is 27.5. The molecule has 4 heterocycles. The number of rotatable bonds is 2. The second kappa shape index (κ2) is 7.64. The largest absolute Gasteiger partial charge is 0.444 e. The zero-order chi connectivity index (χ0) is 21.5. The molecule has 0 spiro atoms. The molecule has 0 aromatic carbocycles. The van der Waals surface area contributed by atoms with E-state index in [-0.39, 0.29) is 6.09 Å². The summed E-state index contributed by atoms with van der Waals surface area (Å²) in [6.07, 6.45) is 1.33. The van der Waals surface area contributed by atoms with E-state index in [9.17, 15) is 4.79 Å². The van der Waals surface area contributed by atoms with Gasteiger partial charge in [0, 0.05) is 19.3 Å². The average Bonchev–Trinajstić information content (AvgIpc) is 3.05. The molecule has 1 fully saturated rings. The number of hydrogen-bond donors (Lipinski definition) is 1. The minimum Gasteiger partial charge on any atom is -0.444 e. The molecule has 158 valence electrons. The van der Waals surface area contributed by atoms with Crippen LogP contribution >= 0.6 is 11.6 Å². The van der Waals surface area contributed by atoms with Crippen molar-refractivity contribution in [2.45, 2.75) is 26.4 Å². The van der Waals surface area contributed by atoms with Crippen molar-refractivity contribution in [3.63, 3.8) is 0 Å². The van der Waals surface area contributed by atoms with Crippen molar-refractivity contribution in [2.24, 2.45) is 0 Å². The Labute approximate surface area is 179 Å². The molecule has 30 heavy (non-hydrogen) atoms. The number of piperazine rings is 1. The van der Waals surface area contributed by atoms with Crippen LogP contribution in [-0.4, -0.2) is 62.4 Å². The van der Waals surface area contributed by atoms with Crippen molar-refractivity contribution < 1.29 is 9.53 Å². The van der Waals surface area contributed by atoms with E-state index in [4.69, 9.17) is 27.1 Å². The number of pyridine rings is 2. The van der Waals surface area contributed by atoms with Gasteiger partial charge in [-0.05, 0) is 45.0 Å². The summed E-state index contributed by atoms with van der Waals surface area (Å²) < 4.78 is 7.41. The molecule has 0 saturated carbocycles. The number of aromatic nitrogens is 4. The van der Waals surface area contributed by atoms with Crippen molar-refractivity contribution in [3.8, 4) is 11.4 Å². The van der Waals surface area contributed by atoms with Crippen molar-refractivity contribution in [1.29, 1.82) is 0 Å². The lowest BCUT2D eigenvalue weighted by atomic mass is 10.2. The molecule has 3 aromatic rings. The van der Waals surface area contributed by atoms with Gasteiger partial charge in [-0.1, -0.05) is 11.6 Å². The number of nitrogens with two attached hydrogens (primary N) is 1. The first kappa shape index (κ1) is 20.2. The molecular weight excluding hydrogens is 406 g/mol. The zero-order valence-corrected chi connectivity index (χ0v) is 17.9. The van der Waals surface area contributed by atoms with Crippen LogP contribution < -0.4 is 10.7 Å². The summed E-state index contributed by atoms with van der Waals surface area (Å²) in [5.41, 5.74) is 7.64. The number of nitrogen functional groups attached to an aromatic ring is 1. The summed E-state index contributed by atoms with van der Waals surface area (Å²) in [5, 5.41) is 2.46. The number of nitrogens with zero attached hydrogens (tertiary/aromatic N) is 6. The molecule has 0 aliphatic carbocycles. The highest BCUT2D eigenvalue weighted by atomic mass is 35.5. The van der Waals surface area contributed by atoms with Crippen molar-refractivity contribution in [3.05, 3.63) is 35.6 Å². The van der Waals surface area contributed by atoms with E-state index >= 15 is 0 Å². The maximum Gasteiger partial charge on any atom is 0.410 e. The van der Waals surface area contributed by atoms with Crippen LogP contribution in [0, 0.1) is 0 Å². The minimum absolute atomic E-state index is 0.310. The fraction of sp³-hybridized carbons (Fsp3) is 0.400. The van der Waals surface area contributed by atoms with E-state index in [1.165, 1.54) is 0 Å². The van der Waals surface area contributed by atoms with Gasteiger partial charge in [-0.2, -0.15) is 0 Å². The SMILES string of the molecule is CC(C)(C)OC(=O)N1CCN(n2c(-c3cccnc3N)nc3ccc(Cl)nc32)CC1. The molecule has 3 aromatic heterocycles. The maximum absolute atomic E-state index is 12.4. The van der Waals surface area contributed by atoms with Gasteiger partial charge >= 0.3 is 6.09 Å². The second-order valence-electron chi connectivity index (χ2n) is 8.08. The molecule has 1 amide bonds. The number of anilines is 1. The van der Waals surface area contributed by atoms with Gasteiger partial charge in [-0.25, -0.2) is 24.4 Å². The van der Waals surface area contributed by atoms with Crippen LogP contribution in [0.2, 0.25) is 5.15 Å². The molecule has 0 bridgehead atoms. The van der Waals surface area contributed by atoms with Crippen LogP contribution in [0.1, 0.15) is 20.8 Å². The van der Waals surface area contributed by atoms with Gasteiger partial charge in [0.1, 0.15) is 22.1 Å². The highest BCUT2D eigenvalue weighted by molar-refractivity contribution is 6.29. The number of hydrogen-bond acceptors (Lipinski definition) is 7. The molecule has 0 unspecified atom stereocenters. The Bertz CT molecular complexity index is 1080. The monoisotopic (exact) mass is 429 g/mol. The molecule has 0 radical (unpaired) electrons. The van der Waals surface area contributed by atoms with Gasteiger partial charge < -0.3 is 20.4 Å². The third-order valence-electron chi connectivity index (χ3n) is 4.72. The molecule has 0 atom stereocenters. The predicted molar refractivity (Wildman–Crippen MR) is 116 cm³/mol. The quantitative estimate of drug-likeness (QED) is 0.624. The second-order valence-corrected chi connectivity index (χ2v) is 8.47. The Morgan fingerprint density at radius 2 is 1.87 bits per heavy atom. The first-order valence-corrected chi connectivity index (χ1v) is 10.1. The highest BCUT2D eigenvalue weighted by Crippen LogP contribution is 2.28. The number of halogens is 1. The minimum atomic E-state index is -0.527. The summed E-state index contributed by atoms with van der Waals surface area (Å²) in [7, 11) is 0. The highest BCUT2D eigenvalue weighted by Gasteiger charge is 2.28. The van der Waals surface area contributed by atoms with Crippen LogP contribution in [0.4, 0.5) is 10.6 Å². The predicted octanol–water partition coefficient (Wildman–Crippen LogP) is 2.92. The van der Waals surface area contributed by atoms with Gasteiger partial charge in [0.05, 0.1) is 18.7 Å². The number of carbonyl (C=O) groups is 1. The molecule has 1 saturated heterocycles. The number of ether oxygens (including phenoxy) is 1. The molecule has 10 heteroatoms. The third kappa shape index (κ3) is 3.97. The number of imidazole rings is 1. The summed E-state index contributed by atoms with van der Waals surface area (Å²) >= 11 is 6.17. The fourth-order valence-electron chi connectivity index (χ4n) is 3.38. The lowest BCUT2D eigenvalue weighted by Gasteiger charge is -2.37. The van der Waals surface area contributed by atoms with Crippen LogP contribution in [0.15, 0.2) is 30.5 Å². The van der Waals surface area contributed by atoms with E-state index in [1.807, 2.05) is 43.6 Å². The van der Waals surface area contributed by atoms with Gasteiger partial charge in [0.25, 0.3) is 0 Å². The van der Waals surface area contributed by atoms with Crippen molar-refractivity contribution >= 4 is 34.7 Å². The Hall–Kier alpha value is -3.07. The third-order valence-corrected chi connectivity index (χ3v) is 4.93. The number of carbonyl (C=O) groups excluding carboxylic acids is 1. The van der Waals surface area contributed by atoms with Crippen molar-refractivity contribution in [1.82, 2.24) is 24.5 Å². The van der Waals surface area contributed by atoms with E-state index in [2.05, 4.69) is 15.0 Å². The lowest BCUT2D eigenvalue weighted by molar-refractivity contribution is 0.0233. The molecule has 4 rings (SSSR count). The molecule has 1 aliphatic heterocycles. The fourth-order valence-corrected chi connectivity index (χ4v) is 3.52. The molecule has 2 N–H and O–H groups in total. The van der Waals surface area contributed by atoms with Gasteiger partial charge in [0.15, 0.2) is 11.5 Å². The first-order valence-electron chi connectivity index (χ1n) is 9.72. The number of amides is 1. The maximum atomic E-state index is 12.4. The van der Waals surface area contributed by atoms with Crippen LogP contribution in [0.5, 0.6) is 0 Å². The standard InChI is InChI=1S/C20H24ClN7O2/c1-20(2,3)30-19(29)26-9-11-27(12-10-26)28-17(13-5-4-8-23-16(13)22)24-14-6-7-15(21)25-18(14)28/h4-8H,9-12H2,1-3H3,(H2,22,23). The van der Waals surface area contributed by atoms with Gasteiger partial charge in [0.2, 0.25) is 0 Å². The van der Waals surface area contributed by atoms with Crippen molar-refractivity contribution in [2.75, 3.05) is 36.9 Å². The van der Waals surface area contributed by atoms with E-state index < -0.39 is 5.60 Å². The Kier molecular flexibility index (Phi) is 5.15. The van der Waals surface area contributed by atoms with E-state index in [0.29, 0.717) is 59.7 Å². The molecular formula is C20H24ClN7O2. The summed E-state index contributed by atoms with van der Waals surface area (Å²) in [6, 6.07) is 7.22. The Morgan fingerprint density at radius 3 is 2.53 bits per heavy atom. The smallest absolute Gasteiger partial charge is 0.410 e. The van der Waals surface area contributed by atoms with Crippen LogP contribution in [-0.2, 0) is 4.74 Å². The summed E-state index contributed by atoms with van der Waals surface area (Å²) in [6.45, 7) is 7.75. The molecule has 9 nitrogen and oxygen atoms in total.